The van der Waals surface area contributed by atoms with Crippen LogP contribution in [0.2, 0.25) is 0 Å². The fourth-order valence-electron chi connectivity index (χ4n) is 2.92. The van der Waals surface area contributed by atoms with E-state index in [-0.39, 0.29) is 16.2 Å². The summed E-state index contributed by atoms with van der Waals surface area (Å²) in [5, 5.41) is 33.4. The fraction of sp³-hybridized carbons (Fsp3) is 0.381. The van der Waals surface area contributed by atoms with Crippen LogP contribution in [0.15, 0.2) is 57.4 Å². The lowest BCUT2D eigenvalue weighted by Crippen LogP contribution is -2.14. The lowest BCUT2D eigenvalue weighted by Gasteiger charge is -2.24. The Bertz CT molecular complexity index is 945. The minimum Gasteiger partial charge on any atom is -0.507 e. The molecule has 8 heteroatoms. The van der Waals surface area contributed by atoms with Gasteiger partial charge in [-0.2, -0.15) is 4.68 Å². The Morgan fingerprint density at radius 3 is 2.41 bits per heavy atom. The molecule has 0 atom stereocenters. The summed E-state index contributed by atoms with van der Waals surface area (Å²) in [6.07, 6.45) is 4.58. The molecule has 0 saturated heterocycles. The number of unbranched alkanes of at least 4 members (excludes halogenated alkanes) is 2. The Hall–Kier alpha value is -2.19. The third-order valence-corrected chi connectivity index (χ3v) is 6.74. The van der Waals surface area contributed by atoms with E-state index >= 15 is 0 Å². The summed E-state index contributed by atoms with van der Waals surface area (Å²) in [5.74, 6) is 0.250. The molecule has 0 unspecified atom stereocenters. The Morgan fingerprint density at radius 1 is 1.00 bits per heavy atom. The smallest absolute Gasteiger partial charge is 0.219 e. The number of phenols is 2. The molecular weight excluding hydrogens is 404 g/mol. The van der Waals surface area contributed by atoms with Gasteiger partial charge in [0.2, 0.25) is 5.16 Å². The minimum atomic E-state index is -0.0227. The minimum absolute atomic E-state index is 0.0227. The van der Waals surface area contributed by atoms with Crippen molar-refractivity contribution in [3.05, 3.63) is 42.5 Å². The first kappa shape index (κ1) is 21.5. The van der Waals surface area contributed by atoms with Crippen molar-refractivity contribution in [2.75, 3.05) is 0 Å². The molecular formula is C21H26N4O2S2. The van der Waals surface area contributed by atoms with Crippen molar-refractivity contribution in [1.82, 2.24) is 20.2 Å². The molecule has 0 aliphatic rings. The van der Waals surface area contributed by atoms with Gasteiger partial charge in [-0.15, -0.1) is 16.9 Å². The van der Waals surface area contributed by atoms with E-state index in [0.717, 1.165) is 18.5 Å². The van der Waals surface area contributed by atoms with Gasteiger partial charge in [-0.05, 0) is 52.9 Å². The standard InChI is InChI=1S/C21H26N4O2S2/c1-4-5-9-12-21(2,3)29-19-14-16(26)18(13-17(19)27)28-20-22-23-24-25(20)15-10-7-6-8-11-15/h6-8,10-11,13-14,26-27H,4-5,9,12H2,1-3H3. The number of benzene rings is 2. The maximum Gasteiger partial charge on any atom is 0.219 e. The van der Waals surface area contributed by atoms with Crippen molar-refractivity contribution in [3.8, 4) is 17.2 Å². The molecule has 0 amide bonds. The number of thioether (sulfide) groups is 1. The van der Waals surface area contributed by atoms with Crippen molar-refractivity contribution in [2.24, 2.45) is 0 Å². The summed E-state index contributed by atoms with van der Waals surface area (Å²) < 4.78 is 1.58. The Kier molecular flexibility index (Phi) is 7.08. The van der Waals surface area contributed by atoms with Crippen LogP contribution >= 0.6 is 23.5 Å². The summed E-state index contributed by atoms with van der Waals surface area (Å²) in [6, 6.07) is 12.7. The number of hydrogen-bond donors (Lipinski definition) is 2. The monoisotopic (exact) mass is 430 g/mol. The molecule has 0 spiro atoms. The number of aromatic hydroxyl groups is 2. The van der Waals surface area contributed by atoms with Crippen molar-refractivity contribution in [1.29, 1.82) is 0 Å². The number of phenolic OH excluding ortho intramolecular Hbond substituents is 2. The van der Waals surface area contributed by atoms with Gasteiger partial charge in [0.25, 0.3) is 0 Å². The quantitative estimate of drug-likeness (QED) is 0.257. The van der Waals surface area contributed by atoms with Gasteiger partial charge in [0.05, 0.1) is 15.5 Å². The van der Waals surface area contributed by atoms with Crippen molar-refractivity contribution >= 4 is 23.5 Å². The number of para-hydroxylation sites is 1. The number of nitrogens with zero attached hydrogens (tertiary/aromatic N) is 4. The third-order valence-electron chi connectivity index (χ3n) is 4.45. The van der Waals surface area contributed by atoms with Gasteiger partial charge in [-0.25, -0.2) is 0 Å². The van der Waals surface area contributed by atoms with Crippen LogP contribution in [0.4, 0.5) is 0 Å². The predicted molar refractivity (Wildman–Crippen MR) is 117 cm³/mol. The number of rotatable bonds is 9. The van der Waals surface area contributed by atoms with E-state index in [1.807, 2.05) is 30.3 Å². The molecule has 2 aromatic carbocycles. The van der Waals surface area contributed by atoms with Gasteiger partial charge < -0.3 is 10.2 Å². The zero-order valence-corrected chi connectivity index (χ0v) is 18.5. The molecule has 154 valence electrons. The first-order valence-electron chi connectivity index (χ1n) is 9.66. The molecule has 0 fully saturated rings. The van der Waals surface area contributed by atoms with Gasteiger partial charge in [0.15, 0.2) is 0 Å². The van der Waals surface area contributed by atoms with E-state index in [4.69, 9.17) is 0 Å². The second kappa shape index (κ2) is 9.54. The van der Waals surface area contributed by atoms with Crippen LogP contribution in [0.3, 0.4) is 0 Å². The van der Waals surface area contributed by atoms with Crippen LogP contribution in [0.25, 0.3) is 5.69 Å². The highest BCUT2D eigenvalue weighted by Crippen LogP contribution is 2.45. The summed E-state index contributed by atoms with van der Waals surface area (Å²) >= 11 is 2.80. The summed E-state index contributed by atoms with van der Waals surface area (Å²) in [4.78, 5) is 1.18. The van der Waals surface area contributed by atoms with Crippen LogP contribution in [0.1, 0.15) is 46.5 Å². The van der Waals surface area contributed by atoms with E-state index in [0.29, 0.717) is 14.9 Å². The zero-order chi connectivity index (χ0) is 20.9. The molecule has 1 aromatic heterocycles. The van der Waals surface area contributed by atoms with Crippen LogP contribution < -0.4 is 0 Å². The van der Waals surface area contributed by atoms with E-state index in [2.05, 4.69) is 36.3 Å². The lowest BCUT2D eigenvalue weighted by atomic mass is 10.0. The second-order valence-corrected chi connectivity index (χ2v) is 10.2. The SMILES string of the molecule is CCCCCC(C)(C)Sc1cc(O)c(Sc2nnnn2-c2ccccc2)cc1O. The van der Waals surface area contributed by atoms with Gasteiger partial charge in [0, 0.05) is 4.75 Å². The Morgan fingerprint density at radius 2 is 1.69 bits per heavy atom. The molecule has 2 N–H and O–H groups in total. The van der Waals surface area contributed by atoms with Crippen molar-refractivity contribution < 1.29 is 10.2 Å². The van der Waals surface area contributed by atoms with Crippen LogP contribution in [-0.4, -0.2) is 35.2 Å². The first-order chi connectivity index (χ1) is 13.9. The van der Waals surface area contributed by atoms with Gasteiger partial charge in [0.1, 0.15) is 11.5 Å². The molecule has 1 heterocycles. The normalized spacial score (nSPS) is 11.7. The summed E-state index contributed by atoms with van der Waals surface area (Å²) in [6.45, 7) is 6.52. The lowest BCUT2D eigenvalue weighted by molar-refractivity contribution is 0.438. The largest absolute Gasteiger partial charge is 0.507 e. The van der Waals surface area contributed by atoms with Crippen LogP contribution in [0.5, 0.6) is 11.5 Å². The average molecular weight is 431 g/mol. The fourth-order valence-corrected chi connectivity index (χ4v) is 4.94. The van der Waals surface area contributed by atoms with Crippen LogP contribution in [0, 0.1) is 0 Å². The maximum atomic E-state index is 10.6. The van der Waals surface area contributed by atoms with Crippen molar-refractivity contribution in [2.45, 2.75) is 66.1 Å². The van der Waals surface area contributed by atoms with Gasteiger partial charge >= 0.3 is 0 Å². The maximum absolute atomic E-state index is 10.6. The highest BCUT2D eigenvalue weighted by molar-refractivity contribution is 8.00. The molecule has 3 rings (SSSR count). The molecule has 0 radical (unpaired) electrons. The summed E-state index contributed by atoms with van der Waals surface area (Å²) in [7, 11) is 0. The van der Waals surface area contributed by atoms with E-state index in [1.165, 1.54) is 24.6 Å². The summed E-state index contributed by atoms with van der Waals surface area (Å²) in [5.41, 5.74) is 0.824. The van der Waals surface area contributed by atoms with Gasteiger partial charge in [-0.1, -0.05) is 58.2 Å². The molecule has 29 heavy (non-hydrogen) atoms. The second-order valence-electron chi connectivity index (χ2n) is 7.42. The molecule has 3 aromatic rings. The number of aromatic nitrogens is 4. The molecule has 0 saturated carbocycles. The average Bonchev–Trinajstić information content (AvgIpc) is 3.14. The molecule has 0 bridgehead atoms. The molecule has 0 aliphatic heterocycles. The van der Waals surface area contributed by atoms with Crippen LogP contribution in [-0.2, 0) is 0 Å². The number of tetrazole rings is 1. The van der Waals surface area contributed by atoms with E-state index < -0.39 is 0 Å². The van der Waals surface area contributed by atoms with E-state index in [9.17, 15) is 10.2 Å². The van der Waals surface area contributed by atoms with E-state index in [1.54, 1.807) is 28.6 Å². The Labute approximate surface area is 179 Å². The van der Waals surface area contributed by atoms with Crippen molar-refractivity contribution in [3.63, 3.8) is 0 Å². The highest BCUT2D eigenvalue weighted by Gasteiger charge is 2.22. The molecule has 6 nitrogen and oxygen atoms in total. The molecule has 0 aliphatic carbocycles. The predicted octanol–water partition coefficient (Wildman–Crippen LogP) is 5.68. The Balaban J connectivity index is 1.78. The first-order valence-corrected chi connectivity index (χ1v) is 11.3. The highest BCUT2D eigenvalue weighted by atomic mass is 32.2. The van der Waals surface area contributed by atoms with Gasteiger partial charge in [-0.3, -0.25) is 0 Å². The number of hydrogen-bond acceptors (Lipinski definition) is 7. The third kappa shape index (κ3) is 5.67. The topological polar surface area (TPSA) is 84.1 Å². The zero-order valence-electron chi connectivity index (χ0n) is 16.9.